The van der Waals surface area contributed by atoms with Gasteiger partial charge in [-0.3, -0.25) is 9.59 Å². The third kappa shape index (κ3) is 7.34. The van der Waals surface area contributed by atoms with E-state index >= 15 is 0 Å². The highest BCUT2D eigenvalue weighted by atomic mass is 32.2. The monoisotopic (exact) mass is 422 g/mol. The fourth-order valence-corrected chi connectivity index (χ4v) is 4.93. The number of hydrogen-bond acceptors (Lipinski definition) is 6. The highest BCUT2D eigenvalue weighted by molar-refractivity contribution is 7.99. The molecule has 0 N–H and O–H groups in total. The van der Waals surface area contributed by atoms with E-state index < -0.39 is 12.2 Å². The summed E-state index contributed by atoms with van der Waals surface area (Å²) in [6, 6.07) is 8.65. The smallest absolute Gasteiger partial charge is 0.303 e. The molecule has 1 fully saturated rings. The van der Waals surface area contributed by atoms with E-state index in [0.717, 1.165) is 31.4 Å². The summed E-state index contributed by atoms with van der Waals surface area (Å²) < 4.78 is 17.4. The lowest BCUT2D eigenvalue weighted by molar-refractivity contribution is -0.207. The maximum atomic E-state index is 11.7. The van der Waals surface area contributed by atoms with E-state index in [-0.39, 0.29) is 29.4 Å². The third-order valence-electron chi connectivity index (χ3n) is 5.27. The summed E-state index contributed by atoms with van der Waals surface area (Å²) >= 11 is 1.65. The Morgan fingerprint density at radius 1 is 1.03 bits per heavy atom. The van der Waals surface area contributed by atoms with E-state index in [9.17, 15) is 9.59 Å². The Morgan fingerprint density at radius 3 is 2.24 bits per heavy atom. The second-order valence-corrected chi connectivity index (χ2v) is 8.98. The van der Waals surface area contributed by atoms with Crippen LogP contribution >= 0.6 is 11.8 Å². The minimum atomic E-state index is -0.587. The van der Waals surface area contributed by atoms with Crippen LogP contribution in [0, 0.1) is 12.8 Å². The van der Waals surface area contributed by atoms with Gasteiger partial charge in [0.1, 0.15) is 11.5 Å². The normalized spacial score (nSPS) is 26.7. The molecular weight excluding hydrogens is 388 g/mol. The Kier molecular flexibility index (Phi) is 9.50. The van der Waals surface area contributed by atoms with Crippen LogP contribution in [0.5, 0.6) is 0 Å². The standard InChI is InChI=1S/C23H34O5S/c1-6-20-16(3)21(26-17(4)24)22(27-18(5)25)23(28-20)29-14-8-7-9-19-12-10-15(2)11-13-19/h10-13,16,20-23H,6-9,14H2,1-5H3. The number of carbonyl (C=O) groups is 2. The number of benzene rings is 1. The number of ether oxygens (including phenoxy) is 3. The van der Waals surface area contributed by atoms with Gasteiger partial charge < -0.3 is 14.2 Å². The predicted molar refractivity (Wildman–Crippen MR) is 116 cm³/mol. The Morgan fingerprint density at radius 2 is 1.66 bits per heavy atom. The molecule has 1 aliphatic rings. The number of thioether (sulfide) groups is 1. The quantitative estimate of drug-likeness (QED) is 0.425. The maximum Gasteiger partial charge on any atom is 0.303 e. The number of hydrogen-bond donors (Lipinski definition) is 0. The minimum Gasteiger partial charge on any atom is -0.458 e. The lowest BCUT2D eigenvalue weighted by Gasteiger charge is -2.44. The van der Waals surface area contributed by atoms with Crippen LogP contribution in [0.1, 0.15) is 58.1 Å². The number of unbranched alkanes of at least 4 members (excludes halogenated alkanes) is 1. The average molecular weight is 423 g/mol. The zero-order valence-electron chi connectivity index (χ0n) is 18.2. The van der Waals surface area contributed by atoms with Crippen molar-refractivity contribution in [1.82, 2.24) is 0 Å². The summed E-state index contributed by atoms with van der Waals surface area (Å²) in [5.74, 6) is 0.110. The molecule has 0 aromatic heterocycles. The molecule has 29 heavy (non-hydrogen) atoms. The number of aryl methyl sites for hydroxylation is 2. The molecule has 0 saturated carbocycles. The van der Waals surface area contributed by atoms with Gasteiger partial charge in [-0.2, -0.15) is 0 Å². The fourth-order valence-electron chi connectivity index (χ4n) is 3.71. The summed E-state index contributed by atoms with van der Waals surface area (Å²) in [7, 11) is 0. The first kappa shape index (κ1) is 23.7. The molecule has 1 saturated heterocycles. The molecule has 5 unspecified atom stereocenters. The lowest BCUT2D eigenvalue weighted by atomic mass is 9.89. The molecule has 0 amide bonds. The van der Waals surface area contributed by atoms with Gasteiger partial charge in [-0.15, -0.1) is 11.8 Å². The van der Waals surface area contributed by atoms with Crippen molar-refractivity contribution in [2.45, 2.75) is 84.0 Å². The van der Waals surface area contributed by atoms with Crippen LogP contribution in [-0.2, 0) is 30.2 Å². The zero-order chi connectivity index (χ0) is 21.4. The van der Waals surface area contributed by atoms with Crippen LogP contribution in [0.15, 0.2) is 24.3 Å². The van der Waals surface area contributed by atoms with Crippen molar-refractivity contribution in [3.05, 3.63) is 35.4 Å². The topological polar surface area (TPSA) is 61.8 Å². The van der Waals surface area contributed by atoms with Gasteiger partial charge in [0.25, 0.3) is 0 Å². The Bertz CT molecular complexity index is 660. The van der Waals surface area contributed by atoms with Crippen LogP contribution in [0.3, 0.4) is 0 Å². The van der Waals surface area contributed by atoms with E-state index in [1.54, 1.807) is 11.8 Å². The summed E-state index contributed by atoms with van der Waals surface area (Å²) in [4.78, 5) is 23.3. The SMILES string of the molecule is CCC1OC(SCCCCc2ccc(C)cc2)C(OC(C)=O)C(OC(C)=O)C1C. The van der Waals surface area contributed by atoms with Gasteiger partial charge in [0.15, 0.2) is 6.10 Å². The van der Waals surface area contributed by atoms with Crippen LogP contribution in [0.25, 0.3) is 0 Å². The largest absolute Gasteiger partial charge is 0.458 e. The summed E-state index contributed by atoms with van der Waals surface area (Å²) in [6.07, 6.45) is 2.88. The molecule has 0 spiro atoms. The number of esters is 2. The Balaban J connectivity index is 1.94. The number of carbonyl (C=O) groups excluding carboxylic acids is 2. The van der Waals surface area contributed by atoms with E-state index in [1.165, 1.54) is 25.0 Å². The molecule has 0 radical (unpaired) electrons. The molecule has 2 rings (SSSR count). The molecule has 1 aliphatic heterocycles. The highest BCUT2D eigenvalue weighted by Gasteiger charge is 2.47. The zero-order valence-corrected chi connectivity index (χ0v) is 19.0. The molecule has 1 heterocycles. The molecule has 0 aliphatic carbocycles. The van der Waals surface area contributed by atoms with Gasteiger partial charge in [-0.05, 0) is 43.9 Å². The first-order valence-corrected chi connectivity index (χ1v) is 11.5. The van der Waals surface area contributed by atoms with E-state index in [4.69, 9.17) is 14.2 Å². The van der Waals surface area contributed by atoms with Crippen molar-refractivity contribution in [1.29, 1.82) is 0 Å². The van der Waals surface area contributed by atoms with Gasteiger partial charge >= 0.3 is 11.9 Å². The average Bonchev–Trinajstić information content (AvgIpc) is 2.66. The summed E-state index contributed by atoms with van der Waals surface area (Å²) in [6.45, 7) is 8.91. The van der Waals surface area contributed by atoms with Gasteiger partial charge in [0.2, 0.25) is 0 Å². The third-order valence-corrected chi connectivity index (χ3v) is 6.51. The van der Waals surface area contributed by atoms with Crippen LogP contribution < -0.4 is 0 Å². The van der Waals surface area contributed by atoms with Crippen LogP contribution in [0.4, 0.5) is 0 Å². The summed E-state index contributed by atoms with van der Waals surface area (Å²) in [5.41, 5.74) is 2.29. The maximum absolute atomic E-state index is 11.7. The fraction of sp³-hybridized carbons (Fsp3) is 0.652. The second kappa shape index (κ2) is 11.6. The molecule has 6 heteroatoms. The van der Waals surface area contributed by atoms with Crippen molar-refractivity contribution < 1.29 is 23.8 Å². The van der Waals surface area contributed by atoms with Crippen molar-refractivity contribution in [2.75, 3.05) is 5.75 Å². The van der Waals surface area contributed by atoms with Gasteiger partial charge in [0.05, 0.1) is 6.10 Å². The molecular formula is C23H34O5S. The molecule has 0 bridgehead atoms. The molecule has 5 atom stereocenters. The first-order valence-electron chi connectivity index (χ1n) is 10.5. The highest BCUT2D eigenvalue weighted by Crippen LogP contribution is 2.36. The first-order chi connectivity index (χ1) is 13.8. The molecule has 1 aromatic rings. The van der Waals surface area contributed by atoms with Crippen molar-refractivity contribution >= 4 is 23.7 Å². The number of rotatable bonds is 9. The van der Waals surface area contributed by atoms with E-state index in [0.29, 0.717) is 0 Å². The van der Waals surface area contributed by atoms with Crippen molar-refractivity contribution in [3.63, 3.8) is 0 Å². The molecule has 1 aromatic carbocycles. The van der Waals surface area contributed by atoms with Gasteiger partial charge in [-0.25, -0.2) is 0 Å². The lowest BCUT2D eigenvalue weighted by Crippen LogP contribution is -2.55. The van der Waals surface area contributed by atoms with E-state index in [1.807, 2.05) is 6.92 Å². The van der Waals surface area contributed by atoms with Crippen LogP contribution in [-0.4, -0.2) is 41.4 Å². The van der Waals surface area contributed by atoms with Gasteiger partial charge in [-0.1, -0.05) is 43.7 Å². The molecule has 162 valence electrons. The van der Waals surface area contributed by atoms with Gasteiger partial charge in [0, 0.05) is 19.8 Å². The summed E-state index contributed by atoms with van der Waals surface area (Å²) in [5, 5.41) is 0. The predicted octanol–water partition coefficient (Wildman–Crippen LogP) is 4.69. The second-order valence-electron chi connectivity index (χ2n) is 7.77. The Labute approximate surface area is 178 Å². The van der Waals surface area contributed by atoms with Crippen LogP contribution in [0.2, 0.25) is 0 Å². The Hall–Kier alpha value is -1.53. The molecule has 5 nitrogen and oxygen atoms in total. The minimum absolute atomic E-state index is 0.0313. The van der Waals surface area contributed by atoms with Crippen molar-refractivity contribution in [3.8, 4) is 0 Å². The van der Waals surface area contributed by atoms with E-state index in [2.05, 4.69) is 38.1 Å². The van der Waals surface area contributed by atoms with Crippen molar-refractivity contribution in [2.24, 2.45) is 5.92 Å².